The van der Waals surface area contributed by atoms with Gasteiger partial charge in [-0.15, -0.1) is 0 Å². The van der Waals surface area contributed by atoms with Crippen LogP contribution < -0.4 is 10.2 Å². The number of rotatable bonds is 3. The zero-order chi connectivity index (χ0) is 24.9. The van der Waals surface area contributed by atoms with Crippen molar-refractivity contribution in [1.29, 1.82) is 0 Å². The third-order valence-corrected chi connectivity index (χ3v) is 8.02. The highest BCUT2D eigenvalue weighted by molar-refractivity contribution is 6.62. The van der Waals surface area contributed by atoms with Crippen molar-refractivity contribution in [2.24, 2.45) is 0 Å². The maximum absolute atomic E-state index is 13.3. The van der Waals surface area contributed by atoms with E-state index in [9.17, 15) is 13.6 Å². The van der Waals surface area contributed by atoms with Gasteiger partial charge in [-0.25, -0.2) is 4.52 Å². The molecule has 3 aliphatic rings. The third-order valence-electron chi connectivity index (χ3n) is 8.02. The van der Waals surface area contributed by atoms with Crippen molar-refractivity contribution in [3.8, 4) is 5.75 Å². The molecule has 1 amide bonds. The number of carbonyl (C=O) groups excluding carboxylic acids is 1. The maximum atomic E-state index is 13.3. The molecule has 0 radical (unpaired) electrons. The van der Waals surface area contributed by atoms with Gasteiger partial charge in [-0.1, -0.05) is 6.07 Å². The van der Waals surface area contributed by atoms with Crippen LogP contribution in [0.3, 0.4) is 0 Å². The second-order valence-corrected chi connectivity index (χ2v) is 10.5. The van der Waals surface area contributed by atoms with Crippen LogP contribution in [-0.4, -0.2) is 52.4 Å². The van der Waals surface area contributed by atoms with Gasteiger partial charge >= 0.3 is 13.7 Å². The smallest absolute Gasteiger partial charge is 0.434 e. The number of nitrogens with zero attached hydrogens (tertiary/aromatic N) is 3. The van der Waals surface area contributed by atoms with Crippen molar-refractivity contribution in [3.05, 3.63) is 58.9 Å². The first kappa shape index (κ1) is 22.5. The normalized spacial score (nSPS) is 24.2. The Morgan fingerprint density at radius 3 is 2.54 bits per heavy atom. The van der Waals surface area contributed by atoms with E-state index < -0.39 is 24.9 Å². The van der Waals surface area contributed by atoms with Crippen LogP contribution in [0.4, 0.5) is 8.78 Å². The van der Waals surface area contributed by atoms with Gasteiger partial charge in [0.25, 0.3) is 5.91 Å². The van der Waals surface area contributed by atoms with Crippen LogP contribution in [0.5, 0.6) is 5.75 Å². The Balaban J connectivity index is 1.52. The first-order valence-corrected chi connectivity index (χ1v) is 11.7. The van der Waals surface area contributed by atoms with E-state index in [2.05, 4.69) is 0 Å². The van der Waals surface area contributed by atoms with E-state index in [0.717, 1.165) is 22.2 Å². The third kappa shape index (κ3) is 3.15. The molecular weight excluding hydrogens is 455 g/mol. The fraction of sp³-hybridized carbons (Fsp3) is 0.440. The van der Waals surface area contributed by atoms with E-state index in [1.54, 1.807) is 28.6 Å². The molecule has 0 spiro atoms. The molecule has 182 valence electrons. The Hall–Kier alpha value is -2.98. The fourth-order valence-electron chi connectivity index (χ4n) is 5.50. The van der Waals surface area contributed by atoms with E-state index >= 15 is 0 Å². The lowest BCUT2D eigenvalue weighted by molar-refractivity contribution is -0.0505. The molecule has 1 aromatic carbocycles. The largest absolute Gasteiger partial charge is 0.494 e. The molecule has 2 atom stereocenters. The second-order valence-electron chi connectivity index (χ2n) is 10.5. The van der Waals surface area contributed by atoms with E-state index in [-0.39, 0.29) is 23.6 Å². The number of halogens is 2. The Bertz CT molecular complexity index is 1360. The molecule has 1 aliphatic carbocycles. The summed E-state index contributed by atoms with van der Waals surface area (Å²) >= 11 is 0. The van der Waals surface area contributed by atoms with E-state index in [1.807, 2.05) is 46.0 Å². The van der Waals surface area contributed by atoms with Gasteiger partial charge in [0.2, 0.25) is 0 Å². The topological polar surface area (TPSA) is 65.3 Å². The average molecular weight is 481 g/mol. The number of amides is 1. The van der Waals surface area contributed by atoms with Crippen molar-refractivity contribution >= 4 is 24.0 Å². The summed E-state index contributed by atoms with van der Waals surface area (Å²) in [4.78, 5) is 14.9. The van der Waals surface area contributed by atoms with E-state index in [4.69, 9.17) is 19.1 Å². The van der Waals surface area contributed by atoms with Crippen LogP contribution in [0.25, 0.3) is 5.52 Å². The highest BCUT2D eigenvalue weighted by Crippen LogP contribution is 2.53. The van der Waals surface area contributed by atoms with Gasteiger partial charge in [-0.2, -0.15) is 13.9 Å². The number of pyridine rings is 1. The zero-order valence-corrected chi connectivity index (χ0v) is 20.2. The minimum Gasteiger partial charge on any atom is -0.434 e. The van der Waals surface area contributed by atoms with Gasteiger partial charge in [0, 0.05) is 35.9 Å². The lowest BCUT2D eigenvalue weighted by Crippen LogP contribution is -2.41. The van der Waals surface area contributed by atoms with Crippen LogP contribution in [0.15, 0.2) is 36.5 Å². The van der Waals surface area contributed by atoms with Crippen LogP contribution in [0, 0.1) is 0 Å². The Labute approximate surface area is 202 Å². The lowest BCUT2D eigenvalue weighted by Gasteiger charge is -2.32. The Kier molecular flexibility index (Phi) is 4.67. The van der Waals surface area contributed by atoms with Crippen LogP contribution in [0.2, 0.25) is 0 Å². The molecule has 1 fully saturated rings. The minimum atomic E-state index is -2.99. The number of benzene rings is 1. The SMILES string of the molecule is CN1C(=O)c2cccc(OC(F)F)c2[C@H]2C[C@@H]1c1nn3ccc(B4OC(C)(C)C(C)(C)O4)cc3c12. The molecular formula is C25H26BF2N3O4. The Morgan fingerprint density at radius 1 is 1.14 bits per heavy atom. The Morgan fingerprint density at radius 2 is 1.86 bits per heavy atom. The maximum Gasteiger partial charge on any atom is 0.494 e. The molecule has 2 aliphatic heterocycles. The highest BCUT2D eigenvalue weighted by atomic mass is 19.3. The lowest BCUT2D eigenvalue weighted by atomic mass is 9.79. The van der Waals surface area contributed by atoms with Crippen molar-refractivity contribution in [2.75, 3.05) is 7.05 Å². The molecule has 35 heavy (non-hydrogen) atoms. The number of hydrogen-bond donors (Lipinski definition) is 0. The van der Waals surface area contributed by atoms with Crippen LogP contribution in [-0.2, 0) is 9.31 Å². The van der Waals surface area contributed by atoms with Gasteiger partial charge < -0.3 is 18.9 Å². The highest BCUT2D eigenvalue weighted by Gasteiger charge is 2.52. The number of alkyl halides is 2. The van der Waals surface area contributed by atoms with E-state index in [1.165, 1.54) is 6.07 Å². The molecule has 0 saturated carbocycles. The number of fused-ring (bicyclic) bond motifs is 9. The number of ether oxygens (including phenoxy) is 1. The minimum absolute atomic E-state index is 0.0270. The first-order chi connectivity index (χ1) is 16.5. The quantitative estimate of drug-likeness (QED) is 0.532. The molecule has 2 bridgehead atoms. The van der Waals surface area contributed by atoms with Gasteiger partial charge in [0.15, 0.2) is 0 Å². The first-order valence-electron chi connectivity index (χ1n) is 11.7. The predicted molar refractivity (Wildman–Crippen MR) is 125 cm³/mol. The van der Waals surface area contributed by atoms with Crippen molar-refractivity contribution in [3.63, 3.8) is 0 Å². The molecule has 6 rings (SSSR count). The molecule has 1 saturated heterocycles. The van der Waals surface area contributed by atoms with Crippen LogP contribution in [0.1, 0.15) is 73.3 Å². The second kappa shape index (κ2) is 7.27. The standard InChI is InChI=1S/C25H26BF2N3O4/c1-24(2)25(3,4)35-26(34-24)13-9-10-31-16(11-13)20-15-12-17(21(20)29-31)30(5)22(32)14-7-6-8-18(19(14)15)33-23(27)28/h6-11,15,17,23H,12H2,1-5H3/t15-,17-/m1/s1. The fourth-order valence-corrected chi connectivity index (χ4v) is 5.50. The number of hydrogen-bond acceptors (Lipinski definition) is 5. The van der Waals surface area contributed by atoms with Crippen molar-refractivity contribution in [2.45, 2.75) is 63.9 Å². The molecule has 0 unspecified atom stereocenters. The average Bonchev–Trinajstić information content (AvgIpc) is 3.37. The van der Waals surface area contributed by atoms with Gasteiger partial charge in [-0.3, -0.25) is 4.79 Å². The number of carbonyl (C=O) groups is 1. The monoisotopic (exact) mass is 481 g/mol. The molecule has 4 heterocycles. The summed E-state index contributed by atoms with van der Waals surface area (Å²) in [5.74, 6) is -0.521. The summed E-state index contributed by atoms with van der Waals surface area (Å²) in [5, 5.41) is 4.80. The molecule has 0 N–H and O–H groups in total. The summed E-state index contributed by atoms with van der Waals surface area (Å²) in [6, 6.07) is 8.38. The summed E-state index contributed by atoms with van der Waals surface area (Å²) in [5.41, 5.74) is 3.27. The van der Waals surface area contributed by atoms with Gasteiger partial charge in [0.1, 0.15) is 5.75 Å². The van der Waals surface area contributed by atoms with Gasteiger partial charge in [0.05, 0.1) is 28.5 Å². The predicted octanol–water partition coefficient (Wildman–Crippen LogP) is 3.90. The summed E-state index contributed by atoms with van der Waals surface area (Å²) in [7, 11) is 1.18. The summed E-state index contributed by atoms with van der Waals surface area (Å²) in [6.07, 6.45) is 2.40. The molecule has 10 heteroatoms. The summed E-state index contributed by atoms with van der Waals surface area (Å²) < 4.78 is 45.7. The van der Waals surface area contributed by atoms with Crippen LogP contribution >= 0.6 is 0 Å². The molecule has 7 nitrogen and oxygen atoms in total. The number of aromatic nitrogens is 2. The van der Waals surface area contributed by atoms with Crippen molar-refractivity contribution in [1.82, 2.24) is 14.5 Å². The summed E-state index contributed by atoms with van der Waals surface area (Å²) in [6.45, 7) is 5.02. The van der Waals surface area contributed by atoms with Crippen molar-refractivity contribution < 1.29 is 27.6 Å². The van der Waals surface area contributed by atoms with Gasteiger partial charge in [-0.05, 0) is 63.8 Å². The zero-order valence-electron chi connectivity index (χ0n) is 20.2. The molecule has 2 aromatic heterocycles. The van der Waals surface area contributed by atoms with E-state index in [0.29, 0.717) is 17.5 Å². The molecule has 3 aromatic rings.